The highest BCUT2D eigenvalue weighted by Gasteiger charge is 2.25. The SMILES string of the molecule is CC(C)(C)C(=O)NC([C]=O)c1csc(N)n1. The van der Waals surface area contributed by atoms with Crippen LogP contribution in [-0.4, -0.2) is 17.2 Å². The molecule has 1 radical (unpaired) electrons. The quantitative estimate of drug-likeness (QED) is 0.826. The molecule has 0 aliphatic rings. The molecule has 0 saturated heterocycles. The van der Waals surface area contributed by atoms with Gasteiger partial charge < -0.3 is 11.1 Å². The van der Waals surface area contributed by atoms with E-state index in [-0.39, 0.29) is 5.91 Å². The minimum Gasteiger partial charge on any atom is -0.375 e. The molecule has 1 unspecified atom stereocenters. The fourth-order valence-corrected chi connectivity index (χ4v) is 1.53. The zero-order valence-corrected chi connectivity index (χ0v) is 10.2. The standard InChI is InChI=1S/C10H14N3O2S/c1-10(2,3)8(15)12-6(4-14)7-5-16-9(11)13-7/h5-6H,1-3H3,(H2,11,13)(H,12,15). The molecular formula is C10H14N3O2S. The van der Waals surface area contributed by atoms with E-state index in [1.807, 2.05) is 0 Å². The van der Waals surface area contributed by atoms with Gasteiger partial charge in [0.25, 0.3) is 0 Å². The predicted octanol–water partition coefficient (Wildman–Crippen LogP) is 1.04. The molecule has 1 amide bonds. The lowest BCUT2D eigenvalue weighted by atomic mass is 9.95. The van der Waals surface area contributed by atoms with Gasteiger partial charge >= 0.3 is 0 Å². The average molecular weight is 240 g/mol. The Bertz CT molecular complexity index is 395. The number of rotatable bonds is 3. The highest BCUT2D eigenvalue weighted by atomic mass is 32.1. The van der Waals surface area contributed by atoms with Crippen molar-refractivity contribution in [3.63, 3.8) is 0 Å². The van der Waals surface area contributed by atoms with Crippen LogP contribution in [0.4, 0.5) is 5.13 Å². The first-order valence-corrected chi connectivity index (χ1v) is 5.62. The van der Waals surface area contributed by atoms with Crippen molar-refractivity contribution in [2.75, 3.05) is 5.73 Å². The Morgan fingerprint density at radius 1 is 1.62 bits per heavy atom. The summed E-state index contributed by atoms with van der Waals surface area (Å²) >= 11 is 1.22. The molecule has 6 heteroatoms. The average Bonchev–Trinajstić information content (AvgIpc) is 2.59. The summed E-state index contributed by atoms with van der Waals surface area (Å²) in [5, 5.41) is 4.56. The molecule has 1 heterocycles. The Labute approximate surface area is 98.1 Å². The third-order valence-corrected chi connectivity index (χ3v) is 2.60. The van der Waals surface area contributed by atoms with E-state index in [0.717, 1.165) is 0 Å². The van der Waals surface area contributed by atoms with Crippen LogP contribution in [-0.2, 0) is 9.59 Å². The van der Waals surface area contributed by atoms with E-state index in [2.05, 4.69) is 10.3 Å². The first-order chi connectivity index (χ1) is 7.34. The summed E-state index contributed by atoms with van der Waals surface area (Å²) in [6.45, 7) is 5.29. The van der Waals surface area contributed by atoms with Gasteiger partial charge in [-0.3, -0.25) is 9.59 Å². The maximum Gasteiger partial charge on any atom is 0.229 e. The van der Waals surface area contributed by atoms with Crippen LogP contribution in [0.15, 0.2) is 5.38 Å². The molecule has 0 aromatic carbocycles. The number of hydrogen-bond donors (Lipinski definition) is 2. The number of nitrogens with one attached hydrogen (secondary N) is 1. The van der Waals surface area contributed by atoms with E-state index >= 15 is 0 Å². The van der Waals surface area contributed by atoms with Gasteiger partial charge in [-0.25, -0.2) is 4.98 Å². The number of anilines is 1. The second kappa shape index (κ2) is 4.61. The summed E-state index contributed by atoms with van der Waals surface area (Å²) in [5.74, 6) is -0.229. The van der Waals surface area contributed by atoms with Crippen molar-refractivity contribution in [3.05, 3.63) is 11.1 Å². The molecule has 0 aliphatic carbocycles. The Morgan fingerprint density at radius 2 is 2.25 bits per heavy atom. The van der Waals surface area contributed by atoms with Crippen molar-refractivity contribution in [1.82, 2.24) is 10.3 Å². The normalized spacial score (nSPS) is 13.2. The molecule has 0 saturated carbocycles. The minimum absolute atomic E-state index is 0.229. The number of carbonyl (C=O) groups excluding carboxylic acids is 2. The molecule has 0 spiro atoms. The monoisotopic (exact) mass is 240 g/mol. The van der Waals surface area contributed by atoms with Crippen molar-refractivity contribution in [1.29, 1.82) is 0 Å². The van der Waals surface area contributed by atoms with Crippen LogP contribution < -0.4 is 11.1 Å². The van der Waals surface area contributed by atoms with Crippen molar-refractivity contribution in [2.45, 2.75) is 26.8 Å². The molecule has 1 atom stereocenters. The van der Waals surface area contributed by atoms with E-state index in [9.17, 15) is 9.59 Å². The van der Waals surface area contributed by atoms with Crippen LogP contribution in [0.5, 0.6) is 0 Å². The number of aromatic nitrogens is 1. The van der Waals surface area contributed by atoms with Gasteiger partial charge in [0.1, 0.15) is 6.04 Å². The van der Waals surface area contributed by atoms with Crippen LogP contribution in [0, 0.1) is 5.41 Å². The Hall–Kier alpha value is -1.43. The lowest BCUT2D eigenvalue weighted by Gasteiger charge is -2.19. The zero-order chi connectivity index (χ0) is 12.3. The maximum atomic E-state index is 11.7. The molecule has 0 fully saturated rings. The highest BCUT2D eigenvalue weighted by molar-refractivity contribution is 7.13. The van der Waals surface area contributed by atoms with Gasteiger partial charge in [-0.2, -0.15) is 0 Å². The number of nitrogens with zero attached hydrogens (tertiary/aromatic N) is 1. The fourth-order valence-electron chi connectivity index (χ4n) is 0.945. The van der Waals surface area contributed by atoms with Crippen LogP contribution in [0.25, 0.3) is 0 Å². The molecule has 87 valence electrons. The van der Waals surface area contributed by atoms with Crippen molar-refractivity contribution in [3.8, 4) is 0 Å². The van der Waals surface area contributed by atoms with E-state index in [4.69, 9.17) is 5.73 Å². The number of nitrogen functional groups attached to an aromatic ring is 1. The fraction of sp³-hybridized carbons (Fsp3) is 0.500. The summed E-state index contributed by atoms with van der Waals surface area (Å²) in [4.78, 5) is 26.4. The Balaban J connectivity index is 2.78. The summed E-state index contributed by atoms with van der Waals surface area (Å²) < 4.78 is 0. The van der Waals surface area contributed by atoms with Gasteiger partial charge in [0.15, 0.2) is 5.13 Å². The maximum absolute atomic E-state index is 11.7. The third kappa shape index (κ3) is 3.03. The first kappa shape index (κ1) is 12.6. The highest BCUT2D eigenvalue weighted by Crippen LogP contribution is 2.19. The lowest BCUT2D eigenvalue weighted by molar-refractivity contribution is -0.128. The van der Waals surface area contributed by atoms with Crippen molar-refractivity contribution >= 4 is 28.7 Å². The second-order valence-electron chi connectivity index (χ2n) is 4.38. The molecule has 16 heavy (non-hydrogen) atoms. The summed E-state index contributed by atoms with van der Waals surface area (Å²) in [7, 11) is 0. The van der Waals surface area contributed by atoms with Crippen molar-refractivity contribution in [2.24, 2.45) is 5.41 Å². The number of hydrogen-bond acceptors (Lipinski definition) is 5. The van der Waals surface area contributed by atoms with E-state index < -0.39 is 11.5 Å². The minimum atomic E-state index is -0.847. The van der Waals surface area contributed by atoms with Gasteiger partial charge in [0, 0.05) is 10.8 Å². The summed E-state index contributed by atoms with van der Waals surface area (Å²) in [6, 6.07) is -0.847. The largest absolute Gasteiger partial charge is 0.375 e. The second-order valence-corrected chi connectivity index (χ2v) is 5.27. The van der Waals surface area contributed by atoms with E-state index in [1.54, 1.807) is 32.4 Å². The van der Waals surface area contributed by atoms with E-state index in [1.165, 1.54) is 11.3 Å². The van der Waals surface area contributed by atoms with E-state index in [0.29, 0.717) is 10.8 Å². The number of thiazole rings is 1. The number of amides is 1. The topological polar surface area (TPSA) is 85.1 Å². The number of nitrogens with two attached hydrogens (primary N) is 1. The van der Waals surface area contributed by atoms with Gasteiger partial charge in [-0.15, -0.1) is 11.3 Å². The molecule has 1 rings (SSSR count). The molecule has 3 N–H and O–H groups in total. The lowest BCUT2D eigenvalue weighted by Crippen LogP contribution is -2.38. The smallest absolute Gasteiger partial charge is 0.229 e. The Morgan fingerprint density at radius 3 is 2.62 bits per heavy atom. The number of carbonyl (C=O) groups is 1. The van der Waals surface area contributed by atoms with Crippen molar-refractivity contribution < 1.29 is 9.59 Å². The summed E-state index contributed by atoms with van der Waals surface area (Å²) in [5.41, 5.74) is 5.32. The summed E-state index contributed by atoms with van der Waals surface area (Å²) in [6.07, 6.45) is 1.74. The molecule has 0 aliphatic heterocycles. The molecule has 5 nitrogen and oxygen atoms in total. The van der Waals surface area contributed by atoms with Crippen LogP contribution in [0.1, 0.15) is 32.5 Å². The van der Waals surface area contributed by atoms with Gasteiger partial charge in [-0.1, -0.05) is 20.8 Å². The predicted molar refractivity (Wildman–Crippen MR) is 62.6 cm³/mol. The molecule has 1 aromatic rings. The molecule has 1 aromatic heterocycles. The molecule has 0 bridgehead atoms. The zero-order valence-electron chi connectivity index (χ0n) is 9.40. The molecular weight excluding hydrogens is 226 g/mol. The third-order valence-electron chi connectivity index (χ3n) is 1.91. The van der Waals surface area contributed by atoms with Gasteiger partial charge in [0.2, 0.25) is 12.2 Å². The van der Waals surface area contributed by atoms with Crippen LogP contribution >= 0.6 is 11.3 Å². The Kier molecular flexibility index (Phi) is 3.64. The first-order valence-electron chi connectivity index (χ1n) is 4.74. The van der Waals surface area contributed by atoms with Crippen LogP contribution in [0.3, 0.4) is 0 Å². The van der Waals surface area contributed by atoms with Gasteiger partial charge in [0.05, 0.1) is 5.69 Å². The van der Waals surface area contributed by atoms with Crippen LogP contribution in [0.2, 0.25) is 0 Å². The van der Waals surface area contributed by atoms with Gasteiger partial charge in [-0.05, 0) is 0 Å².